The van der Waals surface area contributed by atoms with Crippen LogP contribution in [0.15, 0.2) is 11.8 Å². The van der Waals surface area contributed by atoms with Gasteiger partial charge in [-0.3, -0.25) is 19.7 Å². The van der Waals surface area contributed by atoms with Crippen molar-refractivity contribution in [2.75, 3.05) is 7.11 Å². The van der Waals surface area contributed by atoms with E-state index in [1.165, 1.54) is 0 Å². The van der Waals surface area contributed by atoms with E-state index in [0.29, 0.717) is 6.20 Å². The van der Waals surface area contributed by atoms with E-state index in [0.717, 1.165) is 7.11 Å². The minimum Gasteiger partial charge on any atom is -0.468 e. The van der Waals surface area contributed by atoms with Gasteiger partial charge in [0.1, 0.15) is 5.92 Å². The van der Waals surface area contributed by atoms with Crippen molar-refractivity contribution < 1.29 is 19.2 Å². The molecule has 0 heterocycles. The molecule has 0 aromatic carbocycles. The lowest BCUT2D eigenvalue weighted by Crippen LogP contribution is -2.21. The Kier molecular flexibility index (Phi) is 2.95. The van der Waals surface area contributed by atoms with E-state index < -0.39 is 16.8 Å². The monoisotopic (exact) mass is 199 g/mol. The summed E-state index contributed by atoms with van der Waals surface area (Å²) in [5.41, 5.74) is 0.229. The molecule has 0 bridgehead atoms. The van der Waals surface area contributed by atoms with Gasteiger partial charge in [-0.05, 0) is 6.42 Å². The Balaban J connectivity index is 2.93. The van der Waals surface area contributed by atoms with Gasteiger partial charge in [0.25, 0.3) is 0 Å². The maximum Gasteiger partial charge on any atom is 0.320 e. The number of carbonyl (C=O) groups is 2. The number of rotatable bonds is 2. The molecule has 1 atom stereocenters. The first kappa shape index (κ1) is 10.4. The lowest BCUT2D eigenvalue weighted by atomic mass is 10.0. The molecular formula is C8H9NO5. The summed E-state index contributed by atoms with van der Waals surface area (Å²) in [6.45, 7) is 0. The van der Waals surface area contributed by atoms with Crippen molar-refractivity contribution in [1.29, 1.82) is 0 Å². The van der Waals surface area contributed by atoms with Crippen LogP contribution < -0.4 is 0 Å². The normalized spacial score (nSPS) is 23.9. The first-order chi connectivity index (χ1) is 6.56. The van der Waals surface area contributed by atoms with Crippen LogP contribution in [-0.2, 0) is 14.3 Å². The highest BCUT2D eigenvalue weighted by atomic mass is 16.6. The predicted octanol–water partition coefficient (Wildman–Crippen LogP) is 0.299. The zero-order valence-corrected chi connectivity index (χ0v) is 7.56. The van der Waals surface area contributed by atoms with Crippen molar-refractivity contribution in [3.63, 3.8) is 0 Å². The number of ether oxygens (including phenoxy) is 1. The average Bonchev–Trinajstić information content (AvgIpc) is 2.45. The molecule has 0 aliphatic heterocycles. The van der Waals surface area contributed by atoms with E-state index >= 15 is 0 Å². The standard InChI is InChI=1S/C8H9NO5/c1-14-8(11)7-5(4-9(12)13)2-3-6(7)10/h4,7H,2-3H2,1H3/b5-4+. The number of esters is 1. The first-order valence-electron chi connectivity index (χ1n) is 4.01. The Bertz CT molecular complexity index is 320. The van der Waals surface area contributed by atoms with E-state index in [9.17, 15) is 19.7 Å². The van der Waals surface area contributed by atoms with E-state index in [2.05, 4.69) is 4.74 Å². The Morgan fingerprint density at radius 3 is 2.79 bits per heavy atom. The molecule has 76 valence electrons. The van der Waals surface area contributed by atoms with Gasteiger partial charge in [0, 0.05) is 12.0 Å². The fraction of sp³-hybridized carbons (Fsp3) is 0.500. The van der Waals surface area contributed by atoms with E-state index in [1.807, 2.05) is 0 Å². The number of Topliss-reactive ketones (excluding diaryl/α,β-unsaturated/α-hetero) is 1. The Morgan fingerprint density at radius 1 is 1.64 bits per heavy atom. The highest BCUT2D eigenvalue weighted by Gasteiger charge is 2.38. The van der Waals surface area contributed by atoms with E-state index in [-0.39, 0.29) is 24.2 Å². The molecule has 0 aromatic rings. The zero-order valence-electron chi connectivity index (χ0n) is 7.56. The molecule has 0 N–H and O–H groups in total. The summed E-state index contributed by atoms with van der Waals surface area (Å²) in [5, 5.41) is 10.2. The lowest BCUT2D eigenvalue weighted by Gasteiger charge is -2.05. The third-order valence-electron chi connectivity index (χ3n) is 2.06. The molecule has 0 spiro atoms. The number of methoxy groups -OCH3 is 1. The number of hydrogen-bond acceptors (Lipinski definition) is 5. The van der Waals surface area contributed by atoms with Crippen molar-refractivity contribution >= 4 is 11.8 Å². The van der Waals surface area contributed by atoms with E-state index in [1.54, 1.807) is 0 Å². The molecule has 1 unspecified atom stereocenters. The molecule has 1 fully saturated rings. The van der Waals surface area contributed by atoms with E-state index in [4.69, 9.17) is 0 Å². The molecule has 1 saturated carbocycles. The van der Waals surface area contributed by atoms with Crippen molar-refractivity contribution in [1.82, 2.24) is 0 Å². The van der Waals surface area contributed by atoms with Crippen molar-refractivity contribution in [2.24, 2.45) is 5.92 Å². The third kappa shape index (κ3) is 1.95. The van der Waals surface area contributed by atoms with Crippen LogP contribution >= 0.6 is 0 Å². The topological polar surface area (TPSA) is 86.5 Å². The molecule has 6 nitrogen and oxygen atoms in total. The summed E-state index contributed by atoms with van der Waals surface area (Å²) in [5.74, 6) is -2.10. The summed E-state index contributed by atoms with van der Waals surface area (Å²) in [4.78, 5) is 31.8. The molecule has 1 rings (SSSR count). The van der Waals surface area contributed by atoms with Crippen molar-refractivity contribution in [3.8, 4) is 0 Å². The van der Waals surface area contributed by atoms with Crippen LogP contribution in [0, 0.1) is 16.0 Å². The zero-order chi connectivity index (χ0) is 10.7. The molecule has 0 radical (unpaired) electrons. The number of ketones is 1. The summed E-state index contributed by atoms with van der Waals surface area (Å²) in [6, 6.07) is 0. The van der Waals surface area contributed by atoms with Crippen molar-refractivity contribution in [2.45, 2.75) is 12.8 Å². The average molecular weight is 199 g/mol. The van der Waals surface area contributed by atoms with Gasteiger partial charge in [-0.1, -0.05) is 0 Å². The summed E-state index contributed by atoms with van der Waals surface area (Å²) in [7, 11) is 1.15. The van der Waals surface area contributed by atoms with Gasteiger partial charge >= 0.3 is 5.97 Å². The summed E-state index contributed by atoms with van der Waals surface area (Å²) >= 11 is 0. The fourth-order valence-corrected chi connectivity index (χ4v) is 1.44. The van der Waals surface area contributed by atoms with Gasteiger partial charge in [-0.15, -0.1) is 0 Å². The van der Waals surface area contributed by atoms with Gasteiger partial charge in [-0.25, -0.2) is 0 Å². The van der Waals surface area contributed by atoms with Crippen LogP contribution in [0.5, 0.6) is 0 Å². The smallest absolute Gasteiger partial charge is 0.320 e. The SMILES string of the molecule is COC(=O)C1C(=O)CC/C1=C\[N+](=O)[O-]. The van der Waals surface area contributed by atoms with Crippen LogP contribution in [0.3, 0.4) is 0 Å². The quantitative estimate of drug-likeness (QED) is 0.276. The fourth-order valence-electron chi connectivity index (χ4n) is 1.44. The molecule has 0 amide bonds. The minimum absolute atomic E-state index is 0.166. The maximum atomic E-state index is 11.2. The Morgan fingerprint density at radius 2 is 2.29 bits per heavy atom. The van der Waals surface area contributed by atoms with Gasteiger partial charge in [-0.2, -0.15) is 0 Å². The van der Waals surface area contributed by atoms with Gasteiger partial charge in [0.05, 0.1) is 12.0 Å². The van der Waals surface area contributed by atoms with Crippen LogP contribution in [0.4, 0.5) is 0 Å². The highest BCUT2D eigenvalue weighted by Crippen LogP contribution is 2.28. The number of hydrogen-bond donors (Lipinski definition) is 0. The molecule has 1 aliphatic rings. The molecule has 0 aromatic heterocycles. The minimum atomic E-state index is -1.06. The second-order valence-corrected chi connectivity index (χ2v) is 2.91. The largest absolute Gasteiger partial charge is 0.468 e. The predicted molar refractivity (Wildman–Crippen MR) is 44.8 cm³/mol. The van der Waals surface area contributed by atoms with Crippen LogP contribution in [0.25, 0.3) is 0 Å². The lowest BCUT2D eigenvalue weighted by molar-refractivity contribution is -0.403. The molecule has 6 heteroatoms. The van der Waals surface area contributed by atoms with Crippen LogP contribution in [-0.4, -0.2) is 23.8 Å². The molecule has 14 heavy (non-hydrogen) atoms. The molecule has 0 saturated heterocycles. The maximum absolute atomic E-state index is 11.2. The Hall–Kier alpha value is -1.72. The van der Waals surface area contributed by atoms with Gasteiger partial charge in [0.15, 0.2) is 5.78 Å². The second kappa shape index (κ2) is 3.99. The summed E-state index contributed by atoms with van der Waals surface area (Å²) < 4.78 is 4.39. The highest BCUT2D eigenvalue weighted by molar-refractivity contribution is 6.04. The number of nitrogens with zero attached hydrogens (tertiary/aromatic N) is 1. The Labute approximate surface area is 79.7 Å². The summed E-state index contributed by atoms with van der Waals surface area (Å²) in [6.07, 6.45) is 1.14. The second-order valence-electron chi connectivity index (χ2n) is 2.91. The van der Waals surface area contributed by atoms with Crippen LogP contribution in [0.2, 0.25) is 0 Å². The van der Waals surface area contributed by atoms with Crippen LogP contribution in [0.1, 0.15) is 12.8 Å². The number of carbonyl (C=O) groups excluding carboxylic acids is 2. The van der Waals surface area contributed by atoms with Gasteiger partial charge in [0.2, 0.25) is 6.20 Å². The third-order valence-corrected chi connectivity index (χ3v) is 2.06. The first-order valence-corrected chi connectivity index (χ1v) is 4.01. The molecular weight excluding hydrogens is 190 g/mol. The van der Waals surface area contributed by atoms with Gasteiger partial charge < -0.3 is 4.74 Å². The number of nitro groups is 1. The van der Waals surface area contributed by atoms with Crippen molar-refractivity contribution in [3.05, 3.63) is 21.9 Å². The molecule has 1 aliphatic carbocycles.